The third-order valence-electron chi connectivity index (χ3n) is 4.87. The van der Waals surface area contributed by atoms with Gasteiger partial charge in [-0.2, -0.15) is 0 Å². The summed E-state index contributed by atoms with van der Waals surface area (Å²) in [4.78, 5) is 16.1. The van der Waals surface area contributed by atoms with Gasteiger partial charge in [0.2, 0.25) is 5.91 Å². The van der Waals surface area contributed by atoms with E-state index in [0.717, 1.165) is 58.6 Å². The van der Waals surface area contributed by atoms with Crippen molar-refractivity contribution in [3.05, 3.63) is 35.9 Å². The van der Waals surface area contributed by atoms with Crippen molar-refractivity contribution < 1.29 is 9.53 Å². The van der Waals surface area contributed by atoms with Crippen molar-refractivity contribution in [2.24, 2.45) is 0 Å². The van der Waals surface area contributed by atoms with Crippen molar-refractivity contribution >= 4 is 5.91 Å². The quantitative estimate of drug-likeness (QED) is 0.855. The summed E-state index contributed by atoms with van der Waals surface area (Å²) in [5.41, 5.74) is 1.25. The molecule has 1 amide bonds. The molecule has 0 radical (unpaired) electrons. The second kappa shape index (κ2) is 6.80. The van der Waals surface area contributed by atoms with Crippen molar-refractivity contribution in [3.8, 4) is 0 Å². The highest BCUT2D eigenvalue weighted by atomic mass is 16.5. The number of nitrogens with zero attached hydrogens (tertiary/aromatic N) is 2. The van der Waals surface area contributed by atoms with Crippen molar-refractivity contribution in [2.75, 3.05) is 39.3 Å². The number of benzene rings is 1. The molecule has 0 aromatic heterocycles. The van der Waals surface area contributed by atoms with Crippen LogP contribution in [-0.2, 0) is 16.0 Å². The molecule has 0 N–H and O–H groups in total. The average Bonchev–Trinajstić information content (AvgIpc) is 2.54. The number of carbonyl (C=O) groups is 1. The lowest BCUT2D eigenvalue weighted by Crippen LogP contribution is -2.60. The third kappa shape index (κ3) is 3.68. The summed E-state index contributed by atoms with van der Waals surface area (Å²) in [6, 6.07) is 10.6. The number of amides is 1. The fourth-order valence-electron chi connectivity index (χ4n) is 3.66. The Morgan fingerprint density at radius 1 is 1.23 bits per heavy atom. The standard InChI is InChI=1S/C18H26N2O2/c1-16(21)20-10-5-9-18(15-20)14-19(12-13-22-18)11-8-17-6-3-2-4-7-17/h2-4,6-7H,5,8-15H2,1H3. The largest absolute Gasteiger partial charge is 0.370 e. The minimum Gasteiger partial charge on any atom is -0.370 e. The summed E-state index contributed by atoms with van der Waals surface area (Å²) in [5, 5.41) is 0. The zero-order valence-corrected chi connectivity index (χ0v) is 13.5. The molecule has 4 nitrogen and oxygen atoms in total. The van der Waals surface area contributed by atoms with E-state index in [-0.39, 0.29) is 11.5 Å². The van der Waals surface area contributed by atoms with E-state index in [1.165, 1.54) is 5.56 Å². The maximum atomic E-state index is 11.7. The predicted octanol–water partition coefficient (Wildman–Crippen LogP) is 1.94. The first-order valence-electron chi connectivity index (χ1n) is 8.33. The molecule has 1 spiro atoms. The number of ether oxygens (including phenoxy) is 1. The van der Waals surface area contributed by atoms with E-state index in [1.807, 2.05) is 4.90 Å². The van der Waals surface area contributed by atoms with Gasteiger partial charge in [-0.25, -0.2) is 0 Å². The van der Waals surface area contributed by atoms with E-state index < -0.39 is 0 Å². The maximum absolute atomic E-state index is 11.7. The topological polar surface area (TPSA) is 32.8 Å². The van der Waals surface area contributed by atoms with Crippen LogP contribution in [0.15, 0.2) is 30.3 Å². The Kier molecular flexibility index (Phi) is 4.79. The Hall–Kier alpha value is -1.39. The van der Waals surface area contributed by atoms with Crippen LogP contribution in [-0.4, -0.2) is 60.6 Å². The molecule has 1 aromatic carbocycles. The molecular weight excluding hydrogens is 276 g/mol. The van der Waals surface area contributed by atoms with Gasteiger partial charge in [-0.05, 0) is 24.8 Å². The fourth-order valence-corrected chi connectivity index (χ4v) is 3.66. The third-order valence-corrected chi connectivity index (χ3v) is 4.87. The van der Waals surface area contributed by atoms with E-state index in [0.29, 0.717) is 0 Å². The number of rotatable bonds is 3. The molecule has 3 rings (SSSR count). The molecule has 1 unspecified atom stereocenters. The Balaban J connectivity index is 1.58. The van der Waals surface area contributed by atoms with Gasteiger partial charge in [0, 0.05) is 33.1 Å². The van der Waals surface area contributed by atoms with Crippen LogP contribution in [0.4, 0.5) is 0 Å². The number of hydrogen-bond donors (Lipinski definition) is 0. The highest BCUT2D eigenvalue weighted by Crippen LogP contribution is 2.29. The lowest BCUT2D eigenvalue weighted by atomic mass is 9.90. The number of piperidine rings is 1. The van der Waals surface area contributed by atoms with E-state index in [2.05, 4.69) is 35.2 Å². The maximum Gasteiger partial charge on any atom is 0.219 e. The van der Waals surface area contributed by atoms with Crippen molar-refractivity contribution in [1.29, 1.82) is 0 Å². The Morgan fingerprint density at radius 3 is 2.82 bits per heavy atom. The molecule has 0 bridgehead atoms. The summed E-state index contributed by atoms with van der Waals surface area (Å²) in [6.07, 6.45) is 3.19. The molecule has 1 atom stereocenters. The van der Waals surface area contributed by atoms with Crippen LogP contribution in [0, 0.1) is 0 Å². The second-order valence-electron chi connectivity index (χ2n) is 6.59. The normalized spacial score (nSPS) is 26.3. The summed E-state index contributed by atoms with van der Waals surface area (Å²) >= 11 is 0. The summed E-state index contributed by atoms with van der Waals surface area (Å²) < 4.78 is 6.13. The number of likely N-dealkylation sites (tertiary alicyclic amines) is 1. The minimum atomic E-state index is -0.140. The van der Waals surface area contributed by atoms with Gasteiger partial charge < -0.3 is 9.64 Å². The fraction of sp³-hybridized carbons (Fsp3) is 0.611. The zero-order chi connectivity index (χ0) is 15.4. The number of carbonyl (C=O) groups excluding carboxylic acids is 1. The number of hydrogen-bond acceptors (Lipinski definition) is 3. The molecule has 22 heavy (non-hydrogen) atoms. The minimum absolute atomic E-state index is 0.140. The SMILES string of the molecule is CC(=O)N1CCCC2(CN(CCc3ccccc3)CCO2)C1. The molecular formula is C18H26N2O2. The van der Waals surface area contributed by atoms with Gasteiger partial charge in [-0.3, -0.25) is 9.69 Å². The van der Waals surface area contributed by atoms with Crippen molar-refractivity contribution in [1.82, 2.24) is 9.80 Å². The van der Waals surface area contributed by atoms with Crippen molar-refractivity contribution in [2.45, 2.75) is 31.8 Å². The van der Waals surface area contributed by atoms with Crippen LogP contribution in [0.1, 0.15) is 25.3 Å². The predicted molar refractivity (Wildman–Crippen MR) is 86.8 cm³/mol. The monoisotopic (exact) mass is 302 g/mol. The molecule has 2 aliphatic rings. The van der Waals surface area contributed by atoms with Gasteiger partial charge >= 0.3 is 0 Å². The van der Waals surface area contributed by atoms with Gasteiger partial charge in [-0.1, -0.05) is 30.3 Å². The smallest absolute Gasteiger partial charge is 0.219 e. The molecule has 4 heteroatoms. The first kappa shape index (κ1) is 15.5. The van der Waals surface area contributed by atoms with Gasteiger partial charge in [0.25, 0.3) is 0 Å². The van der Waals surface area contributed by atoms with E-state index >= 15 is 0 Å². The lowest BCUT2D eigenvalue weighted by molar-refractivity contribution is -0.155. The summed E-state index contributed by atoms with van der Waals surface area (Å²) in [5.74, 6) is 0.170. The molecule has 0 aliphatic carbocycles. The van der Waals surface area contributed by atoms with Crippen LogP contribution >= 0.6 is 0 Å². The first-order valence-corrected chi connectivity index (χ1v) is 8.33. The van der Waals surface area contributed by atoms with Gasteiger partial charge in [0.15, 0.2) is 0 Å². The van der Waals surface area contributed by atoms with Crippen LogP contribution in [0.3, 0.4) is 0 Å². The Morgan fingerprint density at radius 2 is 2.05 bits per heavy atom. The van der Waals surface area contributed by atoms with Crippen LogP contribution in [0.2, 0.25) is 0 Å². The van der Waals surface area contributed by atoms with Gasteiger partial charge in [-0.15, -0.1) is 0 Å². The summed E-state index contributed by atoms with van der Waals surface area (Å²) in [6.45, 7) is 7.08. The molecule has 120 valence electrons. The Labute approximate surface area is 133 Å². The van der Waals surface area contributed by atoms with E-state index in [1.54, 1.807) is 6.92 Å². The summed E-state index contributed by atoms with van der Waals surface area (Å²) in [7, 11) is 0. The van der Waals surface area contributed by atoms with E-state index in [4.69, 9.17) is 4.74 Å². The van der Waals surface area contributed by atoms with Crippen LogP contribution in [0.5, 0.6) is 0 Å². The highest BCUT2D eigenvalue weighted by Gasteiger charge is 2.40. The van der Waals surface area contributed by atoms with E-state index in [9.17, 15) is 4.79 Å². The van der Waals surface area contributed by atoms with Crippen LogP contribution < -0.4 is 0 Å². The first-order chi connectivity index (χ1) is 10.7. The average molecular weight is 302 g/mol. The zero-order valence-electron chi connectivity index (χ0n) is 13.5. The molecule has 1 aromatic rings. The molecule has 2 fully saturated rings. The second-order valence-corrected chi connectivity index (χ2v) is 6.59. The molecule has 2 aliphatic heterocycles. The lowest BCUT2D eigenvalue weighted by Gasteiger charge is -2.48. The van der Waals surface area contributed by atoms with Crippen molar-refractivity contribution in [3.63, 3.8) is 0 Å². The number of morpholine rings is 1. The molecule has 0 saturated carbocycles. The molecule has 2 heterocycles. The Bertz CT molecular complexity index is 501. The van der Waals surface area contributed by atoms with Gasteiger partial charge in [0.1, 0.15) is 0 Å². The van der Waals surface area contributed by atoms with Crippen LogP contribution in [0.25, 0.3) is 0 Å². The highest BCUT2D eigenvalue weighted by molar-refractivity contribution is 5.73. The molecule has 2 saturated heterocycles. The van der Waals surface area contributed by atoms with Gasteiger partial charge in [0.05, 0.1) is 18.8 Å².